The van der Waals surface area contributed by atoms with Crippen LogP contribution in [0.25, 0.3) is 0 Å². The van der Waals surface area contributed by atoms with Crippen LogP contribution in [0.1, 0.15) is 13.8 Å². The second-order valence-electron chi connectivity index (χ2n) is 3.28. The van der Waals surface area contributed by atoms with Gasteiger partial charge in [0.25, 0.3) is 0 Å². The maximum atomic E-state index is 10.9. The van der Waals surface area contributed by atoms with Crippen LogP contribution in [0.4, 0.5) is 5.69 Å². The zero-order valence-electron chi connectivity index (χ0n) is 10.2. The van der Waals surface area contributed by atoms with Gasteiger partial charge in [0, 0.05) is 17.2 Å². The molecule has 0 radical (unpaired) electrons. The lowest BCUT2D eigenvalue weighted by atomic mass is 10.4. The molecule has 1 aromatic rings. The predicted octanol–water partition coefficient (Wildman–Crippen LogP) is 4.12. The number of allylic oxidation sites excluding steroid dienone is 5. The third-order valence-corrected chi connectivity index (χ3v) is 2.96. The first kappa shape index (κ1) is 14.2. The number of pyridine rings is 1. The Bertz CT molecular complexity index is 507. The van der Waals surface area contributed by atoms with E-state index in [0.29, 0.717) is 5.03 Å². The number of rotatable bonds is 5. The molecule has 18 heavy (non-hydrogen) atoms. The topological polar surface area (TPSA) is 56.0 Å². The molecule has 0 spiro atoms. The molecule has 4 nitrogen and oxygen atoms in total. The minimum absolute atomic E-state index is 0.0263. The molecule has 0 N–H and O–H groups in total. The van der Waals surface area contributed by atoms with Crippen molar-refractivity contribution in [3.05, 3.63) is 63.7 Å². The van der Waals surface area contributed by atoms with Crippen molar-refractivity contribution < 1.29 is 4.92 Å². The van der Waals surface area contributed by atoms with Crippen LogP contribution >= 0.6 is 11.8 Å². The first-order chi connectivity index (χ1) is 8.69. The van der Waals surface area contributed by atoms with E-state index in [1.54, 1.807) is 12.3 Å². The highest BCUT2D eigenvalue weighted by molar-refractivity contribution is 8.03. The maximum Gasteiger partial charge on any atom is 0.301 e. The second-order valence-corrected chi connectivity index (χ2v) is 4.34. The van der Waals surface area contributed by atoms with Crippen molar-refractivity contribution in [2.45, 2.75) is 18.9 Å². The molecule has 0 bridgehead atoms. The molecule has 0 saturated heterocycles. The molecule has 1 heterocycles. The first-order valence-corrected chi connectivity index (χ1v) is 6.23. The number of nitro groups is 1. The average Bonchev–Trinajstić information content (AvgIpc) is 2.36. The molecule has 0 unspecified atom stereocenters. The Hall–Kier alpha value is -1.88. The van der Waals surface area contributed by atoms with E-state index in [1.165, 1.54) is 17.8 Å². The van der Waals surface area contributed by atoms with E-state index >= 15 is 0 Å². The van der Waals surface area contributed by atoms with Crippen molar-refractivity contribution in [3.63, 3.8) is 0 Å². The molecule has 0 aromatic carbocycles. The monoisotopic (exact) mass is 262 g/mol. The van der Waals surface area contributed by atoms with Gasteiger partial charge in [0.2, 0.25) is 0 Å². The summed E-state index contributed by atoms with van der Waals surface area (Å²) in [7, 11) is 0. The fourth-order valence-corrected chi connectivity index (χ4v) is 2.13. The molecule has 0 amide bonds. The lowest BCUT2D eigenvalue weighted by Gasteiger charge is -2.01. The molecule has 0 aliphatic heterocycles. The molecular weight excluding hydrogens is 248 g/mol. The zero-order chi connectivity index (χ0) is 13.4. The summed E-state index contributed by atoms with van der Waals surface area (Å²) in [5.74, 6) is 0. The number of hydrogen-bond donors (Lipinski definition) is 0. The summed E-state index contributed by atoms with van der Waals surface area (Å²) in [6.07, 6.45) is 11.0. The maximum absolute atomic E-state index is 10.9. The highest BCUT2D eigenvalue weighted by atomic mass is 32.2. The third kappa shape index (κ3) is 4.18. The third-order valence-electron chi connectivity index (χ3n) is 1.95. The van der Waals surface area contributed by atoms with Gasteiger partial charge in [-0.25, -0.2) is 4.98 Å². The number of nitrogens with zero attached hydrogens (tertiary/aromatic N) is 2. The minimum Gasteiger partial charge on any atom is -0.258 e. The van der Waals surface area contributed by atoms with E-state index in [9.17, 15) is 10.1 Å². The molecule has 94 valence electrons. The van der Waals surface area contributed by atoms with E-state index in [0.717, 1.165) is 4.91 Å². The summed E-state index contributed by atoms with van der Waals surface area (Å²) in [5, 5.41) is 11.3. The van der Waals surface area contributed by atoms with Crippen molar-refractivity contribution in [1.29, 1.82) is 0 Å². The lowest BCUT2D eigenvalue weighted by Crippen LogP contribution is -1.92. The summed E-state index contributed by atoms with van der Waals surface area (Å²) in [6, 6.07) is 3.02. The van der Waals surface area contributed by atoms with Crippen LogP contribution < -0.4 is 0 Å². The van der Waals surface area contributed by atoms with Gasteiger partial charge in [-0.1, -0.05) is 36.1 Å². The Morgan fingerprint density at radius 3 is 2.83 bits per heavy atom. The van der Waals surface area contributed by atoms with Gasteiger partial charge >= 0.3 is 5.69 Å². The summed E-state index contributed by atoms with van der Waals surface area (Å²) in [4.78, 5) is 15.4. The van der Waals surface area contributed by atoms with Gasteiger partial charge in [0.1, 0.15) is 0 Å². The molecule has 1 aromatic heterocycles. The Kier molecular flexibility index (Phi) is 5.87. The van der Waals surface area contributed by atoms with E-state index in [1.807, 2.05) is 44.2 Å². The van der Waals surface area contributed by atoms with Crippen LogP contribution in [0.5, 0.6) is 0 Å². The SMILES string of the molecule is C\C=C/C=C(\C=C/C)Sc1ncccc1[N+](=O)[O-]. The van der Waals surface area contributed by atoms with E-state index in [4.69, 9.17) is 0 Å². The van der Waals surface area contributed by atoms with Crippen molar-refractivity contribution in [2.75, 3.05) is 0 Å². The van der Waals surface area contributed by atoms with Crippen LogP contribution in [0.2, 0.25) is 0 Å². The van der Waals surface area contributed by atoms with Crippen LogP contribution in [-0.2, 0) is 0 Å². The number of hydrogen-bond acceptors (Lipinski definition) is 4. The molecule has 5 heteroatoms. The lowest BCUT2D eigenvalue weighted by molar-refractivity contribution is -0.388. The van der Waals surface area contributed by atoms with Gasteiger partial charge < -0.3 is 0 Å². The van der Waals surface area contributed by atoms with Gasteiger partial charge in [-0.2, -0.15) is 0 Å². The van der Waals surface area contributed by atoms with Crippen LogP contribution in [0.15, 0.2) is 58.6 Å². The molecule has 0 aliphatic rings. The van der Waals surface area contributed by atoms with Crippen molar-refractivity contribution >= 4 is 17.4 Å². The Labute approximate surface area is 110 Å². The fraction of sp³-hybridized carbons (Fsp3) is 0.154. The summed E-state index contributed by atoms with van der Waals surface area (Å²) in [5.41, 5.74) is 0.0263. The number of aromatic nitrogens is 1. The quantitative estimate of drug-likeness (QED) is 0.346. The van der Waals surface area contributed by atoms with Gasteiger partial charge in [-0.15, -0.1) is 0 Å². The largest absolute Gasteiger partial charge is 0.301 e. The summed E-state index contributed by atoms with van der Waals surface area (Å²) < 4.78 is 0. The van der Waals surface area contributed by atoms with E-state index in [2.05, 4.69) is 4.98 Å². The minimum atomic E-state index is -0.418. The van der Waals surface area contributed by atoms with Gasteiger partial charge in [0.15, 0.2) is 5.03 Å². The van der Waals surface area contributed by atoms with Gasteiger partial charge in [-0.05, 0) is 26.0 Å². The molecule has 1 rings (SSSR count). The highest BCUT2D eigenvalue weighted by Crippen LogP contribution is 2.32. The highest BCUT2D eigenvalue weighted by Gasteiger charge is 2.15. The Morgan fingerprint density at radius 2 is 2.22 bits per heavy atom. The van der Waals surface area contributed by atoms with E-state index < -0.39 is 4.92 Å². The standard InChI is InChI=1S/C13H14N2O2S/c1-3-5-8-11(7-4-2)18-13-12(15(16)17)9-6-10-14-13/h3-10H,1-2H3/b5-3-,7-4-,11-8+. The fourth-order valence-electron chi connectivity index (χ4n) is 1.19. The van der Waals surface area contributed by atoms with Gasteiger partial charge in [-0.3, -0.25) is 10.1 Å². The van der Waals surface area contributed by atoms with E-state index in [-0.39, 0.29) is 5.69 Å². The Morgan fingerprint density at radius 1 is 1.44 bits per heavy atom. The molecule has 0 fully saturated rings. The average molecular weight is 262 g/mol. The van der Waals surface area contributed by atoms with Crippen molar-refractivity contribution in [1.82, 2.24) is 4.98 Å². The smallest absolute Gasteiger partial charge is 0.258 e. The normalized spacial score (nSPS) is 12.4. The molecular formula is C13H14N2O2S. The second kappa shape index (κ2) is 7.45. The van der Waals surface area contributed by atoms with Crippen LogP contribution in [-0.4, -0.2) is 9.91 Å². The molecule has 0 atom stereocenters. The van der Waals surface area contributed by atoms with Crippen LogP contribution in [0.3, 0.4) is 0 Å². The summed E-state index contributed by atoms with van der Waals surface area (Å²) >= 11 is 1.28. The van der Waals surface area contributed by atoms with Gasteiger partial charge in [0.05, 0.1) is 4.92 Å². The van der Waals surface area contributed by atoms with Crippen molar-refractivity contribution in [3.8, 4) is 0 Å². The molecule has 0 aliphatic carbocycles. The summed E-state index contributed by atoms with van der Waals surface area (Å²) in [6.45, 7) is 3.81. The first-order valence-electron chi connectivity index (χ1n) is 5.42. The molecule has 0 saturated carbocycles. The predicted molar refractivity (Wildman–Crippen MR) is 74.5 cm³/mol. The zero-order valence-corrected chi connectivity index (χ0v) is 11.1. The Balaban J connectivity index is 3.04. The van der Waals surface area contributed by atoms with Crippen molar-refractivity contribution in [2.24, 2.45) is 0 Å². The number of thioether (sulfide) groups is 1. The van der Waals surface area contributed by atoms with Crippen LogP contribution in [0, 0.1) is 10.1 Å².